The van der Waals surface area contributed by atoms with Crippen molar-refractivity contribution in [2.75, 3.05) is 13.1 Å². The molecule has 0 aliphatic carbocycles. The number of ether oxygens (including phenoxy) is 1. The van der Waals surface area contributed by atoms with Gasteiger partial charge >= 0.3 is 0 Å². The third-order valence-electron chi connectivity index (χ3n) is 4.84. The summed E-state index contributed by atoms with van der Waals surface area (Å²) in [4.78, 5) is 15.1. The molecule has 0 amide bonds. The summed E-state index contributed by atoms with van der Waals surface area (Å²) in [6.45, 7) is 10.3. The molecule has 26 heavy (non-hydrogen) atoms. The number of hydrogen-bond donors (Lipinski definition) is 1. The minimum atomic E-state index is -0.125. The lowest BCUT2D eigenvalue weighted by Gasteiger charge is -2.20. The number of fused-ring (bicyclic) bond motifs is 1. The molecule has 0 saturated carbocycles. The van der Waals surface area contributed by atoms with E-state index in [-0.39, 0.29) is 11.5 Å². The molecule has 0 radical (unpaired) electrons. The first-order chi connectivity index (χ1) is 12.4. The van der Waals surface area contributed by atoms with Crippen molar-refractivity contribution in [1.29, 1.82) is 0 Å². The van der Waals surface area contributed by atoms with Gasteiger partial charge in [0.2, 0.25) is 5.78 Å². The van der Waals surface area contributed by atoms with Crippen molar-refractivity contribution in [3.8, 4) is 11.5 Å². The van der Waals surface area contributed by atoms with Gasteiger partial charge in [0.05, 0.1) is 11.1 Å². The zero-order chi connectivity index (χ0) is 18.8. The zero-order valence-corrected chi connectivity index (χ0v) is 15.8. The number of rotatable bonds is 5. The van der Waals surface area contributed by atoms with Crippen LogP contribution in [0, 0.1) is 13.8 Å². The second-order valence-corrected chi connectivity index (χ2v) is 6.71. The molecule has 1 heterocycles. The summed E-state index contributed by atoms with van der Waals surface area (Å²) in [5.74, 6) is 0.857. The van der Waals surface area contributed by atoms with E-state index in [2.05, 4.69) is 18.7 Å². The van der Waals surface area contributed by atoms with E-state index < -0.39 is 0 Å². The molecule has 0 atom stereocenters. The van der Waals surface area contributed by atoms with E-state index in [9.17, 15) is 9.90 Å². The number of nitrogens with zero attached hydrogens (tertiary/aromatic N) is 1. The van der Waals surface area contributed by atoms with Crippen molar-refractivity contribution in [3.63, 3.8) is 0 Å². The van der Waals surface area contributed by atoms with Gasteiger partial charge in [0.25, 0.3) is 0 Å². The molecule has 2 aromatic carbocycles. The zero-order valence-electron chi connectivity index (χ0n) is 15.8. The molecular formula is C22H25NO3. The summed E-state index contributed by atoms with van der Waals surface area (Å²) in [7, 11) is 0. The largest absolute Gasteiger partial charge is 0.507 e. The third kappa shape index (κ3) is 3.37. The lowest BCUT2D eigenvalue weighted by atomic mass is 9.99. The Kier molecular flexibility index (Phi) is 5.14. The Hall–Kier alpha value is -2.59. The van der Waals surface area contributed by atoms with Crippen molar-refractivity contribution in [2.45, 2.75) is 34.2 Å². The predicted molar refractivity (Wildman–Crippen MR) is 104 cm³/mol. The average molecular weight is 351 g/mol. The molecule has 0 bridgehead atoms. The Morgan fingerprint density at radius 2 is 1.88 bits per heavy atom. The molecule has 2 aromatic rings. The minimum absolute atomic E-state index is 0.125. The van der Waals surface area contributed by atoms with Crippen LogP contribution in [0.4, 0.5) is 0 Å². The van der Waals surface area contributed by atoms with Crippen molar-refractivity contribution < 1.29 is 14.6 Å². The number of phenols is 1. The highest BCUT2D eigenvalue weighted by atomic mass is 16.5. The number of aromatic hydroxyl groups is 1. The monoisotopic (exact) mass is 351 g/mol. The Bertz CT molecular complexity index is 879. The molecule has 136 valence electrons. The van der Waals surface area contributed by atoms with Gasteiger partial charge in [-0.15, -0.1) is 0 Å². The van der Waals surface area contributed by atoms with Crippen LogP contribution in [-0.2, 0) is 6.54 Å². The topological polar surface area (TPSA) is 49.8 Å². The average Bonchev–Trinajstić information content (AvgIpc) is 2.92. The van der Waals surface area contributed by atoms with E-state index in [1.54, 1.807) is 12.1 Å². The molecule has 1 N–H and O–H groups in total. The number of phenolic OH excluding ortho intramolecular Hbond substituents is 1. The first kappa shape index (κ1) is 18.2. The van der Waals surface area contributed by atoms with E-state index >= 15 is 0 Å². The molecule has 0 fully saturated rings. The van der Waals surface area contributed by atoms with E-state index in [4.69, 9.17) is 4.74 Å². The molecule has 0 saturated heterocycles. The molecule has 3 rings (SSSR count). The molecule has 1 aliphatic rings. The first-order valence-electron chi connectivity index (χ1n) is 9.03. The van der Waals surface area contributed by atoms with Gasteiger partial charge in [-0.05, 0) is 50.2 Å². The SMILES string of the molecule is CCN(CC)Cc1c(O)cc(C)c2c1O/C(=C\c1cccc(C)c1)C2=O. The van der Waals surface area contributed by atoms with Gasteiger partial charge in [0.1, 0.15) is 11.5 Å². The summed E-state index contributed by atoms with van der Waals surface area (Å²) in [6.07, 6.45) is 1.77. The highest BCUT2D eigenvalue weighted by Crippen LogP contribution is 2.42. The number of Topliss-reactive ketones (excluding diaryl/α,β-unsaturated/α-hetero) is 1. The maximum atomic E-state index is 12.9. The summed E-state index contributed by atoms with van der Waals surface area (Å²) in [5, 5.41) is 10.5. The van der Waals surface area contributed by atoms with Crippen LogP contribution in [-0.4, -0.2) is 28.9 Å². The highest BCUT2D eigenvalue weighted by Gasteiger charge is 2.33. The van der Waals surface area contributed by atoms with Crippen LogP contribution in [0.5, 0.6) is 11.5 Å². The van der Waals surface area contributed by atoms with Crippen LogP contribution >= 0.6 is 0 Å². The second-order valence-electron chi connectivity index (χ2n) is 6.71. The Balaban J connectivity index is 2.04. The first-order valence-corrected chi connectivity index (χ1v) is 9.03. The highest BCUT2D eigenvalue weighted by molar-refractivity contribution is 6.15. The molecular weight excluding hydrogens is 326 g/mol. The fraction of sp³-hybridized carbons (Fsp3) is 0.318. The summed E-state index contributed by atoms with van der Waals surface area (Å²) in [6, 6.07) is 9.58. The summed E-state index contributed by atoms with van der Waals surface area (Å²) in [5.41, 5.74) is 4.02. The van der Waals surface area contributed by atoms with Crippen molar-refractivity contribution in [3.05, 3.63) is 63.9 Å². The summed E-state index contributed by atoms with van der Waals surface area (Å²) >= 11 is 0. The van der Waals surface area contributed by atoms with E-state index in [1.807, 2.05) is 38.1 Å². The maximum absolute atomic E-state index is 12.9. The molecule has 0 aromatic heterocycles. The van der Waals surface area contributed by atoms with Crippen LogP contribution in [0.3, 0.4) is 0 Å². The number of ketones is 1. The van der Waals surface area contributed by atoms with Gasteiger partial charge in [-0.3, -0.25) is 9.69 Å². The van der Waals surface area contributed by atoms with E-state index in [0.717, 1.165) is 29.8 Å². The lowest BCUT2D eigenvalue weighted by molar-refractivity contribution is 0.101. The van der Waals surface area contributed by atoms with Crippen LogP contribution in [0.15, 0.2) is 36.1 Å². The smallest absolute Gasteiger partial charge is 0.232 e. The fourth-order valence-corrected chi connectivity index (χ4v) is 3.31. The number of carbonyl (C=O) groups excluding carboxylic acids is 1. The fourth-order valence-electron chi connectivity index (χ4n) is 3.31. The van der Waals surface area contributed by atoms with Crippen LogP contribution in [0.2, 0.25) is 0 Å². The molecule has 1 aliphatic heterocycles. The molecule has 4 nitrogen and oxygen atoms in total. The van der Waals surface area contributed by atoms with Gasteiger partial charge in [-0.1, -0.05) is 43.7 Å². The Morgan fingerprint density at radius 3 is 2.54 bits per heavy atom. The number of hydrogen-bond acceptors (Lipinski definition) is 4. The van der Waals surface area contributed by atoms with Gasteiger partial charge < -0.3 is 9.84 Å². The normalized spacial score (nSPS) is 14.8. The molecule has 4 heteroatoms. The Labute approximate surface area is 154 Å². The molecule has 0 unspecified atom stereocenters. The van der Waals surface area contributed by atoms with Gasteiger partial charge in [-0.2, -0.15) is 0 Å². The predicted octanol–water partition coefficient (Wildman–Crippen LogP) is 4.47. The van der Waals surface area contributed by atoms with Gasteiger partial charge in [0, 0.05) is 6.54 Å². The standard InChI is InChI=1S/C22H25NO3/c1-5-23(6-2)13-17-18(24)11-15(4)20-21(25)19(26-22(17)20)12-16-9-7-8-14(3)10-16/h7-12,24H,5-6,13H2,1-4H3/b19-12-. The Morgan fingerprint density at radius 1 is 1.15 bits per heavy atom. The van der Waals surface area contributed by atoms with E-state index in [1.165, 1.54) is 0 Å². The van der Waals surface area contributed by atoms with Crippen LogP contribution < -0.4 is 4.74 Å². The van der Waals surface area contributed by atoms with Gasteiger partial charge in [0.15, 0.2) is 5.76 Å². The lowest BCUT2D eigenvalue weighted by Crippen LogP contribution is -2.22. The van der Waals surface area contributed by atoms with Crippen molar-refractivity contribution >= 4 is 11.9 Å². The van der Waals surface area contributed by atoms with Crippen LogP contribution in [0.1, 0.15) is 46.5 Å². The van der Waals surface area contributed by atoms with Crippen molar-refractivity contribution in [1.82, 2.24) is 4.90 Å². The van der Waals surface area contributed by atoms with Crippen molar-refractivity contribution in [2.24, 2.45) is 0 Å². The summed E-state index contributed by atoms with van der Waals surface area (Å²) < 4.78 is 5.97. The maximum Gasteiger partial charge on any atom is 0.232 e. The number of benzene rings is 2. The number of carbonyl (C=O) groups is 1. The second kappa shape index (κ2) is 7.34. The number of allylic oxidation sites excluding steroid dienone is 1. The van der Waals surface area contributed by atoms with Crippen LogP contribution in [0.25, 0.3) is 6.08 Å². The molecule has 0 spiro atoms. The minimum Gasteiger partial charge on any atom is -0.507 e. The van der Waals surface area contributed by atoms with E-state index in [0.29, 0.717) is 29.2 Å². The quantitative estimate of drug-likeness (QED) is 0.808. The third-order valence-corrected chi connectivity index (χ3v) is 4.84. The number of aryl methyl sites for hydroxylation is 2. The van der Waals surface area contributed by atoms with Gasteiger partial charge in [-0.25, -0.2) is 0 Å².